The number of aliphatic hydroxyl groups is 1. The molecular formula is C23H22ClNO6. The van der Waals surface area contributed by atoms with Crippen molar-refractivity contribution >= 4 is 29.1 Å². The molecule has 8 heteroatoms. The van der Waals surface area contributed by atoms with Crippen molar-refractivity contribution in [1.29, 1.82) is 0 Å². The molecule has 1 atom stereocenters. The average Bonchev–Trinajstić information content (AvgIpc) is 3.04. The van der Waals surface area contributed by atoms with Crippen LogP contribution in [0.4, 0.5) is 0 Å². The number of amides is 1. The molecule has 162 valence electrons. The summed E-state index contributed by atoms with van der Waals surface area (Å²) in [5.74, 6) is -0.603. The van der Waals surface area contributed by atoms with Gasteiger partial charge in [0.1, 0.15) is 19.0 Å². The first-order valence-corrected chi connectivity index (χ1v) is 10.3. The number of hydrogen-bond acceptors (Lipinski definition) is 6. The Balaban J connectivity index is 1.79. The number of hydrogen-bond donors (Lipinski definition) is 1. The summed E-state index contributed by atoms with van der Waals surface area (Å²) in [4.78, 5) is 27.3. The van der Waals surface area contributed by atoms with Crippen LogP contribution in [0.25, 0.3) is 5.76 Å². The van der Waals surface area contributed by atoms with Crippen LogP contribution in [-0.2, 0) is 14.3 Å². The number of methoxy groups -OCH3 is 1. The SMILES string of the molecule is COCCCN1C(=O)C(=O)C(=C(O)c2ccc3c(c2)OCCO3)[C@H]1c1ccc(Cl)cc1. The lowest BCUT2D eigenvalue weighted by atomic mass is 9.95. The molecule has 7 nitrogen and oxygen atoms in total. The van der Waals surface area contributed by atoms with Gasteiger partial charge in [-0.1, -0.05) is 23.7 Å². The molecule has 0 bridgehead atoms. The number of ketones is 1. The second-order valence-electron chi connectivity index (χ2n) is 7.25. The van der Waals surface area contributed by atoms with Crippen molar-refractivity contribution in [3.63, 3.8) is 0 Å². The van der Waals surface area contributed by atoms with Gasteiger partial charge in [0.05, 0.1) is 11.6 Å². The molecule has 0 saturated carbocycles. The normalized spacial score (nSPS) is 19.7. The molecule has 1 amide bonds. The van der Waals surface area contributed by atoms with E-state index in [-0.39, 0.29) is 11.3 Å². The van der Waals surface area contributed by atoms with Crippen molar-refractivity contribution in [2.24, 2.45) is 0 Å². The van der Waals surface area contributed by atoms with E-state index in [2.05, 4.69) is 0 Å². The average molecular weight is 444 g/mol. The number of nitrogens with zero attached hydrogens (tertiary/aromatic N) is 1. The summed E-state index contributed by atoms with van der Waals surface area (Å²) in [6.07, 6.45) is 0.553. The molecule has 4 rings (SSSR count). The van der Waals surface area contributed by atoms with Gasteiger partial charge in [-0.3, -0.25) is 9.59 Å². The number of halogens is 1. The number of carbonyl (C=O) groups excluding carboxylic acids is 2. The monoisotopic (exact) mass is 443 g/mol. The fourth-order valence-corrected chi connectivity index (χ4v) is 3.95. The molecule has 0 unspecified atom stereocenters. The summed E-state index contributed by atoms with van der Waals surface area (Å²) in [6.45, 7) is 1.59. The first-order chi connectivity index (χ1) is 15.0. The van der Waals surface area contributed by atoms with Crippen LogP contribution in [0.1, 0.15) is 23.6 Å². The first-order valence-electron chi connectivity index (χ1n) is 9.94. The Morgan fingerprint density at radius 2 is 1.84 bits per heavy atom. The molecule has 2 aliphatic rings. The summed E-state index contributed by atoms with van der Waals surface area (Å²) >= 11 is 6.03. The summed E-state index contributed by atoms with van der Waals surface area (Å²) in [6, 6.07) is 11.1. The minimum Gasteiger partial charge on any atom is -0.507 e. The molecule has 31 heavy (non-hydrogen) atoms. The van der Waals surface area contributed by atoms with Crippen LogP contribution in [0.15, 0.2) is 48.0 Å². The van der Waals surface area contributed by atoms with E-state index in [4.69, 9.17) is 25.8 Å². The van der Waals surface area contributed by atoms with Gasteiger partial charge in [-0.05, 0) is 42.3 Å². The highest BCUT2D eigenvalue weighted by atomic mass is 35.5. The van der Waals surface area contributed by atoms with E-state index < -0.39 is 17.7 Å². The van der Waals surface area contributed by atoms with Gasteiger partial charge in [0.15, 0.2) is 11.5 Å². The Kier molecular flexibility index (Phi) is 6.15. The lowest BCUT2D eigenvalue weighted by Crippen LogP contribution is -2.31. The molecule has 0 spiro atoms. The highest BCUT2D eigenvalue weighted by Crippen LogP contribution is 2.41. The molecule has 2 aromatic rings. The van der Waals surface area contributed by atoms with Gasteiger partial charge in [-0.25, -0.2) is 0 Å². The van der Waals surface area contributed by atoms with Gasteiger partial charge in [0.2, 0.25) is 0 Å². The van der Waals surface area contributed by atoms with Crippen LogP contribution in [-0.4, -0.2) is 55.2 Å². The zero-order valence-corrected chi connectivity index (χ0v) is 17.7. The second kappa shape index (κ2) is 8.99. The Morgan fingerprint density at radius 3 is 2.55 bits per heavy atom. The lowest BCUT2D eigenvalue weighted by molar-refractivity contribution is -0.140. The van der Waals surface area contributed by atoms with Crippen molar-refractivity contribution in [3.05, 3.63) is 64.2 Å². The largest absolute Gasteiger partial charge is 0.507 e. The molecule has 1 N–H and O–H groups in total. The second-order valence-corrected chi connectivity index (χ2v) is 7.69. The first kappa shape index (κ1) is 21.2. The van der Waals surface area contributed by atoms with Gasteiger partial charge >= 0.3 is 0 Å². The van der Waals surface area contributed by atoms with Crippen LogP contribution >= 0.6 is 11.6 Å². The molecule has 2 heterocycles. The highest BCUT2D eigenvalue weighted by molar-refractivity contribution is 6.46. The summed E-state index contributed by atoms with van der Waals surface area (Å²) < 4.78 is 16.2. The minimum atomic E-state index is -0.734. The number of benzene rings is 2. The van der Waals surface area contributed by atoms with E-state index in [1.54, 1.807) is 49.6 Å². The van der Waals surface area contributed by atoms with Crippen LogP contribution in [0.2, 0.25) is 5.02 Å². The number of ether oxygens (including phenoxy) is 3. The lowest BCUT2D eigenvalue weighted by Gasteiger charge is -2.25. The summed E-state index contributed by atoms with van der Waals surface area (Å²) in [5.41, 5.74) is 1.08. The quantitative estimate of drug-likeness (QED) is 0.318. The molecule has 2 aromatic carbocycles. The summed E-state index contributed by atoms with van der Waals surface area (Å²) in [7, 11) is 1.58. The van der Waals surface area contributed by atoms with Crippen molar-refractivity contribution in [1.82, 2.24) is 4.90 Å². The standard InChI is InChI=1S/C23H22ClNO6/c1-29-10-2-9-25-20(14-3-6-16(24)7-4-14)19(22(27)23(25)28)21(26)15-5-8-17-18(13-15)31-12-11-30-17/h3-8,13,20,26H,2,9-12H2,1H3/t20-/m1/s1. The topological polar surface area (TPSA) is 85.3 Å². The van der Waals surface area contributed by atoms with E-state index in [9.17, 15) is 14.7 Å². The predicted octanol–water partition coefficient (Wildman–Crippen LogP) is 3.57. The number of Topliss-reactive ketones (excluding diaryl/α,β-unsaturated/α-hetero) is 1. The van der Waals surface area contributed by atoms with Crippen LogP contribution < -0.4 is 9.47 Å². The smallest absolute Gasteiger partial charge is 0.295 e. The van der Waals surface area contributed by atoms with E-state index in [0.717, 1.165) is 0 Å². The van der Waals surface area contributed by atoms with Crippen LogP contribution in [0, 0.1) is 0 Å². The molecule has 2 aliphatic heterocycles. The highest BCUT2D eigenvalue weighted by Gasteiger charge is 2.45. The molecule has 0 aromatic heterocycles. The van der Waals surface area contributed by atoms with E-state index in [1.807, 2.05) is 0 Å². The van der Waals surface area contributed by atoms with Crippen LogP contribution in [0.3, 0.4) is 0 Å². The van der Waals surface area contributed by atoms with Gasteiger partial charge in [0.25, 0.3) is 11.7 Å². The minimum absolute atomic E-state index is 0.0291. The molecule has 0 radical (unpaired) electrons. The zero-order chi connectivity index (χ0) is 22.0. The van der Waals surface area contributed by atoms with Crippen LogP contribution in [0.5, 0.6) is 11.5 Å². The van der Waals surface area contributed by atoms with Gasteiger partial charge in [-0.15, -0.1) is 0 Å². The van der Waals surface area contributed by atoms with E-state index >= 15 is 0 Å². The maximum absolute atomic E-state index is 13.0. The molecule has 1 fully saturated rings. The molecular weight excluding hydrogens is 422 g/mol. The Hall–Kier alpha value is -3.03. The van der Waals surface area contributed by atoms with E-state index in [1.165, 1.54) is 4.90 Å². The Morgan fingerprint density at radius 1 is 1.13 bits per heavy atom. The molecule has 1 saturated heterocycles. The number of rotatable bonds is 6. The van der Waals surface area contributed by atoms with Gasteiger partial charge in [-0.2, -0.15) is 0 Å². The third kappa shape index (κ3) is 4.11. The van der Waals surface area contributed by atoms with Crippen molar-refractivity contribution < 1.29 is 28.9 Å². The van der Waals surface area contributed by atoms with Crippen molar-refractivity contribution in [2.45, 2.75) is 12.5 Å². The predicted molar refractivity (Wildman–Crippen MR) is 114 cm³/mol. The maximum Gasteiger partial charge on any atom is 0.295 e. The third-order valence-electron chi connectivity index (χ3n) is 5.29. The molecule has 0 aliphatic carbocycles. The zero-order valence-electron chi connectivity index (χ0n) is 17.0. The third-order valence-corrected chi connectivity index (χ3v) is 5.54. The Labute approximate surface area is 184 Å². The number of likely N-dealkylation sites (tertiary alicyclic amines) is 1. The Bertz CT molecular complexity index is 1030. The fraction of sp³-hybridized carbons (Fsp3) is 0.304. The van der Waals surface area contributed by atoms with Crippen molar-refractivity contribution in [3.8, 4) is 11.5 Å². The number of carbonyl (C=O) groups is 2. The summed E-state index contributed by atoms with van der Waals surface area (Å²) in [5, 5.41) is 11.7. The van der Waals surface area contributed by atoms with Gasteiger partial charge in [0, 0.05) is 30.8 Å². The van der Waals surface area contributed by atoms with Gasteiger partial charge < -0.3 is 24.2 Å². The fourth-order valence-electron chi connectivity index (χ4n) is 3.83. The number of aliphatic hydroxyl groups excluding tert-OH is 1. The maximum atomic E-state index is 13.0. The van der Waals surface area contributed by atoms with E-state index in [0.29, 0.717) is 60.4 Å². The number of fused-ring (bicyclic) bond motifs is 1. The van der Waals surface area contributed by atoms with Crippen molar-refractivity contribution in [2.75, 3.05) is 33.5 Å².